The standard InChI is InChI=1S/C23H27N3O4S/c1-4-10-15(11-5-2)20(27)24-21-18-17(14-31-21)19(23(29)30-6-3)25-26(22(18)28)16-12-8-7-9-13-16/h7-9,12-15H,4-6,10-11H2,1-3H3,(H,24,27). The lowest BCUT2D eigenvalue weighted by Crippen LogP contribution is -2.26. The lowest BCUT2D eigenvalue weighted by atomic mass is 9.97. The largest absolute Gasteiger partial charge is 0.461 e. The quantitative estimate of drug-likeness (QED) is 0.483. The number of thiophene rings is 1. The van der Waals surface area contributed by atoms with Gasteiger partial charge >= 0.3 is 5.97 Å². The zero-order valence-electron chi connectivity index (χ0n) is 18.0. The molecule has 0 saturated carbocycles. The molecule has 7 nitrogen and oxygen atoms in total. The van der Waals surface area contributed by atoms with Crippen molar-refractivity contribution in [2.45, 2.75) is 46.5 Å². The van der Waals surface area contributed by atoms with Crippen molar-refractivity contribution in [1.29, 1.82) is 0 Å². The van der Waals surface area contributed by atoms with Gasteiger partial charge in [0.1, 0.15) is 5.00 Å². The normalized spacial score (nSPS) is 11.1. The number of carbonyl (C=O) groups is 2. The maximum atomic E-state index is 13.4. The van der Waals surface area contributed by atoms with Gasteiger partial charge in [-0.25, -0.2) is 4.79 Å². The second-order valence-electron chi connectivity index (χ2n) is 7.24. The number of para-hydroxylation sites is 1. The van der Waals surface area contributed by atoms with Crippen LogP contribution in [0.25, 0.3) is 16.5 Å². The number of hydrogen-bond donors (Lipinski definition) is 1. The predicted octanol–water partition coefficient (Wildman–Crippen LogP) is 4.78. The molecule has 2 aromatic heterocycles. The molecule has 31 heavy (non-hydrogen) atoms. The van der Waals surface area contributed by atoms with E-state index in [1.165, 1.54) is 16.0 Å². The van der Waals surface area contributed by atoms with Crippen molar-refractivity contribution in [3.05, 3.63) is 51.8 Å². The fourth-order valence-corrected chi connectivity index (χ4v) is 4.49. The Labute approximate surface area is 185 Å². The fraction of sp³-hybridized carbons (Fsp3) is 0.391. The molecule has 0 aliphatic carbocycles. The predicted molar refractivity (Wildman–Crippen MR) is 123 cm³/mol. The van der Waals surface area contributed by atoms with E-state index >= 15 is 0 Å². The summed E-state index contributed by atoms with van der Waals surface area (Å²) >= 11 is 1.22. The summed E-state index contributed by atoms with van der Waals surface area (Å²) in [5.41, 5.74) is 0.183. The third-order valence-electron chi connectivity index (χ3n) is 5.00. The molecule has 0 atom stereocenters. The number of benzene rings is 1. The smallest absolute Gasteiger partial charge is 0.359 e. The highest BCUT2D eigenvalue weighted by Crippen LogP contribution is 2.31. The summed E-state index contributed by atoms with van der Waals surface area (Å²) in [7, 11) is 0. The molecule has 0 radical (unpaired) electrons. The Morgan fingerprint density at radius 1 is 1.13 bits per heavy atom. The van der Waals surface area contributed by atoms with Crippen LogP contribution in [0.5, 0.6) is 0 Å². The highest BCUT2D eigenvalue weighted by Gasteiger charge is 2.24. The first kappa shape index (κ1) is 22.7. The second kappa shape index (κ2) is 10.3. The Balaban J connectivity index is 2.14. The van der Waals surface area contributed by atoms with E-state index in [9.17, 15) is 14.4 Å². The fourth-order valence-electron chi connectivity index (χ4n) is 3.55. The van der Waals surface area contributed by atoms with Crippen molar-refractivity contribution in [2.75, 3.05) is 11.9 Å². The number of nitrogens with zero attached hydrogens (tertiary/aromatic N) is 2. The Morgan fingerprint density at radius 3 is 2.42 bits per heavy atom. The van der Waals surface area contributed by atoms with E-state index < -0.39 is 11.5 Å². The molecule has 0 aliphatic heterocycles. The SMILES string of the molecule is CCCC(CCC)C(=O)Nc1scc2c(C(=O)OCC)nn(-c3ccccc3)c(=O)c12. The van der Waals surface area contributed by atoms with Gasteiger partial charge in [0.2, 0.25) is 5.91 Å². The molecule has 164 valence electrons. The summed E-state index contributed by atoms with van der Waals surface area (Å²) < 4.78 is 6.35. The Kier molecular flexibility index (Phi) is 7.57. The van der Waals surface area contributed by atoms with Gasteiger partial charge < -0.3 is 10.1 Å². The van der Waals surface area contributed by atoms with Crippen LogP contribution in [0.4, 0.5) is 5.00 Å². The van der Waals surface area contributed by atoms with Gasteiger partial charge in [-0.05, 0) is 31.9 Å². The summed E-state index contributed by atoms with van der Waals surface area (Å²) in [5, 5.41) is 10.0. The van der Waals surface area contributed by atoms with Crippen LogP contribution in [0.15, 0.2) is 40.5 Å². The van der Waals surface area contributed by atoms with E-state index in [2.05, 4.69) is 10.4 Å². The molecular formula is C23H27N3O4S. The van der Waals surface area contributed by atoms with E-state index in [4.69, 9.17) is 4.74 Å². The Morgan fingerprint density at radius 2 is 1.81 bits per heavy atom. The van der Waals surface area contributed by atoms with Crippen LogP contribution in [0.2, 0.25) is 0 Å². The van der Waals surface area contributed by atoms with E-state index in [1.807, 2.05) is 19.9 Å². The Hall–Kier alpha value is -3.00. The summed E-state index contributed by atoms with van der Waals surface area (Å²) in [4.78, 5) is 38.8. The van der Waals surface area contributed by atoms with Gasteiger partial charge in [0.15, 0.2) is 5.69 Å². The van der Waals surface area contributed by atoms with Crippen molar-refractivity contribution in [3.63, 3.8) is 0 Å². The number of carbonyl (C=O) groups excluding carboxylic acids is 2. The maximum absolute atomic E-state index is 13.4. The van der Waals surface area contributed by atoms with Crippen LogP contribution in [0, 0.1) is 5.92 Å². The zero-order chi connectivity index (χ0) is 22.4. The molecule has 0 saturated heterocycles. The van der Waals surface area contributed by atoms with Gasteiger partial charge in [-0.1, -0.05) is 44.9 Å². The first-order chi connectivity index (χ1) is 15.0. The van der Waals surface area contributed by atoms with Crippen LogP contribution >= 0.6 is 11.3 Å². The minimum Gasteiger partial charge on any atom is -0.461 e. The number of aromatic nitrogens is 2. The first-order valence-electron chi connectivity index (χ1n) is 10.6. The van der Waals surface area contributed by atoms with Crippen molar-refractivity contribution in [1.82, 2.24) is 9.78 Å². The molecule has 1 amide bonds. The molecule has 8 heteroatoms. The second-order valence-corrected chi connectivity index (χ2v) is 8.12. The molecule has 0 bridgehead atoms. The van der Waals surface area contributed by atoms with Crippen LogP contribution in [0.3, 0.4) is 0 Å². The number of anilines is 1. The molecule has 0 fully saturated rings. The molecule has 2 heterocycles. The van der Waals surface area contributed by atoms with Gasteiger partial charge in [-0.2, -0.15) is 9.78 Å². The molecule has 1 N–H and O–H groups in total. The van der Waals surface area contributed by atoms with Gasteiger partial charge in [0.25, 0.3) is 5.56 Å². The first-order valence-corrected chi connectivity index (χ1v) is 11.5. The molecule has 0 spiro atoms. The molecule has 1 aromatic carbocycles. The van der Waals surface area contributed by atoms with Crippen LogP contribution in [-0.4, -0.2) is 28.3 Å². The number of fused-ring (bicyclic) bond motifs is 1. The third-order valence-corrected chi connectivity index (χ3v) is 5.90. The molecule has 3 aromatic rings. The maximum Gasteiger partial charge on any atom is 0.359 e. The number of esters is 1. The van der Waals surface area contributed by atoms with E-state index in [-0.39, 0.29) is 29.5 Å². The third kappa shape index (κ3) is 4.85. The molecule has 0 unspecified atom stereocenters. The summed E-state index contributed by atoms with van der Waals surface area (Å²) in [6, 6.07) is 8.87. The van der Waals surface area contributed by atoms with Gasteiger partial charge in [0, 0.05) is 16.7 Å². The molecule has 3 rings (SSSR count). The highest BCUT2D eigenvalue weighted by molar-refractivity contribution is 7.16. The summed E-state index contributed by atoms with van der Waals surface area (Å²) in [6.45, 7) is 6.00. The minimum atomic E-state index is -0.609. The van der Waals surface area contributed by atoms with E-state index in [0.29, 0.717) is 16.1 Å². The van der Waals surface area contributed by atoms with E-state index in [0.717, 1.165) is 25.7 Å². The van der Waals surface area contributed by atoms with Crippen LogP contribution in [-0.2, 0) is 9.53 Å². The van der Waals surface area contributed by atoms with Crippen molar-refractivity contribution < 1.29 is 14.3 Å². The molecular weight excluding hydrogens is 414 g/mol. The number of rotatable bonds is 9. The highest BCUT2D eigenvalue weighted by atomic mass is 32.1. The lowest BCUT2D eigenvalue weighted by molar-refractivity contribution is -0.120. The van der Waals surface area contributed by atoms with Gasteiger partial charge in [-0.3, -0.25) is 9.59 Å². The van der Waals surface area contributed by atoms with Crippen molar-refractivity contribution in [3.8, 4) is 5.69 Å². The average Bonchev–Trinajstić information content (AvgIpc) is 3.18. The van der Waals surface area contributed by atoms with Crippen molar-refractivity contribution in [2.24, 2.45) is 5.92 Å². The number of amides is 1. The summed E-state index contributed by atoms with van der Waals surface area (Å²) in [5.74, 6) is -0.829. The van der Waals surface area contributed by atoms with Crippen molar-refractivity contribution >= 4 is 39.0 Å². The number of hydrogen-bond acceptors (Lipinski definition) is 6. The van der Waals surface area contributed by atoms with Gasteiger partial charge in [0.05, 0.1) is 17.7 Å². The number of ether oxygens (including phenoxy) is 1. The minimum absolute atomic E-state index is 0.0516. The molecule has 0 aliphatic rings. The van der Waals surface area contributed by atoms with E-state index in [1.54, 1.807) is 36.6 Å². The van der Waals surface area contributed by atoms with Crippen LogP contribution < -0.4 is 10.9 Å². The van der Waals surface area contributed by atoms with Crippen LogP contribution in [0.1, 0.15) is 56.9 Å². The topological polar surface area (TPSA) is 90.3 Å². The zero-order valence-corrected chi connectivity index (χ0v) is 18.8. The summed E-state index contributed by atoms with van der Waals surface area (Å²) in [6.07, 6.45) is 3.38. The lowest BCUT2D eigenvalue weighted by Gasteiger charge is -2.15. The Bertz CT molecular complexity index is 1120. The monoisotopic (exact) mass is 441 g/mol. The van der Waals surface area contributed by atoms with Gasteiger partial charge in [-0.15, -0.1) is 11.3 Å². The average molecular weight is 442 g/mol. The number of nitrogens with one attached hydrogen (secondary N) is 1.